The van der Waals surface area contributed by atoms with Gasteiger partial charge in [0, 0.05) is 18.9 Å². The molecule has 3 rings (SSSR count). The second-order valence-electron chi connectivity index (χ2n) is 5.12. The van der Waals surface area contributed by atoms with E-state index in [0.717, 1.165) is 0 Å². The van der Waals surface area contributed by atoms with Crippen LogP contribution in [0.25, 0.3) is 0 Å². The summed E-state index contributed by atoms with van der Waals surface area (Å²) in [6, 6.07) is 7.56. The minimum absolute atomic E-state index is 0.0132. The van der Waals surface area contributed by atoms with Crippen LogP contribution in [0.1, 0.15) is 0 Å². The first kappa shape index (κ1) is 16.9. The maximum absolute atomic E-state index is 12.2. The van der Waals surface area contributed by atoms with Crippen molar-refractivity contribution >= 4 is 22.0 Å². The summed E-state index contributed by atoms with van der Waals surface area (Å²) < 4.78 is 32.3. The number of pyridine rings is 1. The lowest BCUT2D eigenvalue weighted by molar-refractivity contribution is -0.120. The maximum Gasteiger partial charge on any atom is 0.322 e. The Bertz CT molecular complexity index is 884. The first-order valence-corrected chi connectivity index (χ1v) is 8.71. The normalized spacial score (nSPS) is 17.0. The summed E-state index contributed by atoms with van der Waals surface area (Å²) in [5.74, 6) is 0.466. The van der Waals surface area contributed by atoms with Gasteiger partial charge in [0.1, 0.15) is 17.5 Å². The zero-order chi connectivity index (χ0) is 17.9. The molecule has 0 saturated carbocycles. The van der Waals surface area contributed by atoms with Gasteiger partial charge in [0.25, 0.3) is 5.91 Å². The van der Waals surface area contributed by atoms with Crippen molar-refractivity contribution in [3.05, 3.63) is 48.8 Å². The van der Waals surface area contributed by atoms with E-state index >= 15 is 0 Å². The van der Waals surface area contributed by atoms with Gasteiger partial charge in [-0.3, -0.25) is 15.1 Å². The van der Waals surface area contributed by atoms with Gasteiger partial charge in [-0.2, -0.15) is 0 Å². The molecule has 25 heavy (non-hydrogen) atoms. The number of benzene rings is 1. The molecule has 2 heterocycles. The molecule has 0 radical (unpaired) electrons. The average molecular weight is 362 g/mol. The van der Waals surface area contributed by atoms with Crippen molar-refractivity contribution in [3.8, 4) is 11.5 Å². The predicted molar refractivity (Wildman–Crippen MR) is 86.4 cm³/mol. The number of aromatic nitrogens is 1. The maximum atomic E-state index is 12.2. The van der Waals surface area contributed by atoms with Crippen LogP contribution in [0.15, 0.2) is 53.7 Å². The number of nitrogens with one attached hydrogen (secondary N) is 3. The van der Waals surface area contributed by atoms with Gasteiger partial charge in [0.2, 0.25) is 10.0 Å². The number of hydrogen-bond acceptors (Lipinski definition) is 6. The first-order chi connectivity index (χ1) is 11.9. The number of urea groups is 1. The predicted octanol–water partition coefficient (Wildman–Crippen LogP) is 0.360. The highest BCUT2D eigenvalue weighted by atomic mass is 32.2. The molecule has 0 unspecified atom stereocenters. The van der Waals surface area contributed by atoms with Crippen molar-refractivity contribution in [1.82, 2.24) is 20.3 Å². The Hall–Kier alpha value is -2.98. The molecule has 1 aromatic heterocycles. The summed E-state index contributed by atoms with van der Waals surface area (Å²) in [7, 11) is -3.83. The molecule has 0 spiro atoms. The van der Waals surface area contributed by atoms with Gasteiger partial charge in [0.05, 0.1) is 4.90 Å². The third-order valence-corrected chi connectivity index (χ3v) is 4.79. The van der Waals surface area contributed by atoms with E-state index in [1.54, 1.807) is 24.5 Å². The Morgan fingerprint density at radius 1 is 1.04 bits per heavy atom. The van der Waals surface area contributed by atoms with Crippen LogP contribution in [0.3, 0.4) is 0 Å². The Morgan fingerprint density at radius 2 is 1.68 bits per heavy atom. The van der Waals surface area contributed by atoms with E-state index in [-0.39, 0.29) is 11.4 Å². The highest BCUT2D eigenvalue weighted by Gasteiger charge is 2.30. The fraction of sp³-hybridized carbons (Fsp3) is 0.133. The molecule has 2 aromatic rings. The fourth-order valence-corrected chi connectivity index (χ4v) is 3.16. The third-order valence-electron chi connectivity index (χ3n) is 3.36. The van der Waals surface area contributed by atoms with E-state index in [4.69, 9.17) is 4.74 Å². The van der Waals surface area contributed by atoms with Crippen molar-refractivity contribution in [3.63, 3.8) is 0 Å². The molecule has 3 N–H and O–H groups in total. The first-order valence-electron chi connectivity index (χ1n) is 7.23. The molecule has 3 amide bonds. The fourth-order valence-electron chi connectivity index (χ4n) is 2.11. The summed E-state index contributed by atoms with van der Waals surface area (Å²) in [5, 5.41) is 4.34. The summed E-state index contributed by atoms with van der Waals surface area (Å²) in [6.07, 6.45) is 3.16. The Balaban J connectivity index is 1.64. The molecule has 0 bridgehead atoms. The van der Waals surface area contributed by atoms with Crippen molar-refractivity contribution in [2.24, 2.45) is 0 Å². The molecule has 9 nitrogen and oxygen atoms in total. The second kappa shape index (κ2) is 6.87. The summed E-state index contributed by atoms with van der Waals surface area (Å²) >= 11 is 0. The number of imide groups is 1. The van der Waals surface area contributed by atoms with Crippen molar-refractivity contribution < 1.29 is 22.7 Å². The van der Waals surface area contributed by atoms with Gasteiger partial charge >= 0.3 is 6.03 Å². The number of sulfonamides is 1. The van der Waals surface area contributed by atoms with Gasteiger partial charge in [0.15, 0.2) is 0 Å². The van der Waals surface area contributed by atoms with Gasteiger partial charge in [-0.25, -0.2) is 17.9 Å². The smallest absolute Gasteiger partial charge is 0.322 e. The minimum atomic E-state index is -3.83. The average Bonchev–Trinajstić information content (AvgIpc) is 2.92. The summed E-state index contributed by atoms with van der Waals surface area (Å²) in [6.45, 7) is -0.241. The molecular formula is C15H14N4O5S. The van der Waals surface area contributed by atoms with Crippen LogP contribution in [0, 0.1) is 0 Å². The van der Waals surface area contributed by atoms with Gasteiger partial charge in [-0.15, -0.1) is 0 Å². The molecule has 10 heteroatoms. The molecule has 1 fully saturated rings. The quantitative estimate of drug-likeness (QED) is 0.637. The molecule has 1 aliphatic heterocycles. The van der Waals surface area contributed by atoms with Crippen molar-refractivity contribution in [1.29, 1.82) is 0 Å². The van der Waals surface area contributed by atoms with Crippen LogP contribution in [-0.2, 0) is 14.8 Å². The lowest BCUT2D eigenvalue weighted by Crippen LogP contribution is -2.41. The lowest BCUT2D eigenvalue weighted by Gasteiger charge is -2.11. The standard InChI is InChI=1S/C15H14N4O5S/c20-14-13(18-15(21)19-14)9-17-25(22,23)12-3-1-10(2-4-12)24-11-5-7-16-8-6-11/h1-8,13,17H,9H2,(H2,18,19,20,21)/t13-/m0/s1. The number of hydrogen-bond donors (Lipinski definition) is 3. The number of rotatable bonds is 6. The summed E-state index contributed by atoms with van der Waals surface area (Å²) in [4.78, 5) is 26.3. The van der Waals surface area contributed by atoms with Gasteiger partial charge < -0.3 is 10.1 Å². The Labute approximate surface area is 143 Å². The second-order valence-corrected chi connectivity index (χ2v) is 6.89. The van der Waals surface area contributed by atoms with E-state index in [2.05, 4.69) is 15.0 Å². The Morgan fingerprint density at radius 3 is 2.28 bits per heavy atom. The van der Waals surface area contributed by atoms with E-state index in [1.165, 1.54) is 24.3 Å². The van der Waals surface area contributed by atoms with Crippen molar-refractivity contribution in [2.45, 2.75) is 10.9 Å². The van der Waals surface area contributed by atoms with Crippen LogP contribution in [-0.4, -0.2) is 37.9 Å². The molecule has 1 aliphatic rings. The van der Waals surface area contributed by atoms with E-state index in [0.29, 0.717) is 11.5 Å². The molecular weight excluding hydrogens is 348 g/mol. The highest BCUT2D eigenvalue weighted by molar-refractivity contribution is 7.89. The van der Waals surface area contributed by atoms with Gasteiger partial charge in [-0.1, -0.05) is 0 Å². The molecule has 1 atom stereocenters. The van der Waals surface area contributed by atoms with E-state index < -0.39 is 28.0 Å². The topological polar surface area (TPSA) is 126 Å². The summed E-state index contributed by atoms with van der Waals surface area (Å²) in [5.41, 5.74) is 0. The molecule has 1 aromatic carbocycles. The van der Waals surface area contributed by atoms with Crippen LogP contribution in [0.4, 0.5) is 4.79 Å². The van der Waals surface area contributed by atoms with Crippen LogP contribution in [0.5, 0.6) is 11.5 Å². The number of carbonyl (C=O) groups excluding carboxylic acids is 2. The lowest BCUT2D eigenvalue weighted by atomic mass is 10.3. The third kappa shape index (κ3) is 4.11. The van der Waals surface area contributed by atoms with Crippen molar-refractivity contribution in [2.75, 3.05) is 6.54 Å². The number of amides is 3. The van der Waals surface area contributed by atoms with E-state index in [9.17, 15) is 18.0 Å². The van der Waals surface area contributed by atoms with E-state index in [1.807, 2.05) is 5.32 Å². The number of ether oxygens (including phenoxy) is 1. The minimum Gasteiger partial charge on any atom is -0.457 e. The molecule has 0 aliphatic carbocycles. The van der Waals surface area contributed by atoms with Crippen LogP contribution < -0.4 is 20.1 Å². The van der Waals surface area contributed by atoms with Crippen LogP contribution in [0.2, 0.25) is 0 Å². The number of nitrogens with zero attached hydrogens (tertiary/aromatic N) is 1. The molecule has 1 saturated heterocycles. The largest absolute Gasteiger partial charge is 0.457 e. The van der Waals surface area contributed by atoms with Crippen LogP contribution >= 0.6 is 0 Å². The highest BCUT2D eigenvalue weighted by Crippen LogP contribution is 2.22. The monoisotopic (exact) mass is 362 g/mol. The number of carbonyl (C=O) groups is 2. The SMILES string of the molecule is O=C1NC(=O)[C@H](CNS(=O)(=O)c2ccc(Oc3ccncc3)cc2)N1. The zero-order valence-electron chi connectivity index (χ0n) is 12.8. The zero-order valence-corrected chi connectivity index (χ0v) is 13.6. The Kier molecular flexibility index (Phi) is 4.63. The van der Waals surface area contributed by atoms with Gasteiger partial charge in [-0.05, 0) is 36.4 Å². The molecule has 130 valence electrons.